The molecule has 23 heavy (non-hydrogen) atoms. The number of aryl methyl sites for hydroxylation is 1. The lowest BCUT2D eigenvalue weighted by atomic mass is 10.1. The second-order valence-electron chi connectivity index (χ2n) is 5.14. The van der Waals surface area contributed by atoms with E-state index < -0.39 is 12.1 Å². The van der Waals surface area contributed by atoms with Crippen LogP contribution in [0, 0.1) is 12.7 Å². The number of carbonyl (C=O) groups is 2. The molecule has 2 aromatic rings. The predicted molar refractivity (Wildman–Crippen MR) is 87.4 cm³/mol. The summed E-state index contributed by atoms with van der Waals surface area (Å²) in [5, 5.41) is 7.19. The summed E-state index contributed by atoms with van der Waals surface area (Å²) in [4.78, 5) is 24.0. The van der Waals surface area contributed by atoms with Gasteiger partial charge in [-0.2, -0.15) is 0 Å². The molecule has 0 aliphatic carbocycles. The number of thiophene rings is 1. The summed E-state index contributed by atoms with van der Waals surface area (Å²) in [5.41, 5.74) is 6.50. The maximum atomic E-state index is 13.2. The number of halogens is 1. The van der Waals surface area contributed by atoms with E-state index in [1.807, 2.05) is 17.5 Å². The van der Waals surface area contributed by atoms with Crippen molar-refractivity contribution in [3.63, 3.8) is 0 Å². The summed E-state index contributed by atoms with van der Waals surface area (Å²) >= 11 is 1.44. The normalized spacial score (nSPS) is 11.7. The first-order valence-corrected chi connectivity index (χ1v) is 7.95. The summed E-state index contributed by atoms with van der Waals surface area (Å²) in [7, 11) is 0. The molecule has 5 nitrogen and oxygen atoms in total. The number of hydrogen-bond donors (Lipinski definition) is 3. The van der Waals surface area contributed by atoms with Crippen molar-refractivity contribution >= 4 is 23.3 Å². The van der Waals surface area contributed by atoms with Gasteiger partial charge in [0.1, 0.15) is 5.82 Å². The highest BCUT2D eigenvalue weighted by atomic mass is 32.1. The fourth-order valence-corrected chi connectivity index (χ4v) is 2.94. The molecule has 2 rings (SSSR count). The number of nitrogens with two attached hydrogens (primary N) is 1. The molecule has 0 bridgehead atoms. The number of amides is 3. The van der Waals surface area contributed by atoms with Gasteiger partial charge in [-0.1, -0.05) is 18.2 Å². The first-order chi connectivity index (χ1) is 11.0. The monoisotopic (exact) mass is 335 g/mol. The number of primary amides is 1. The second-order valence-corrected chi connectivity index (χ2v) is 6.12. The van der Waals surface area contributed by atoms with E-state index in [0.717, 1.165) is 10.4 Å². The Morgan fingerprint density at radius 2 is 2.13 bits per heavy atom. The summed E-state index contributed by atoms with van der Waals surface area (Å²) in [6.45, 7) is 1.97. The van der Waals surface area contributed by atoms with Crippen LogP contribution in [0.25, 0.3) is 0 Å². The van der Waals surface area contributed by atoms with Gasteiger partial charge in [0.25, 0.3) is 0 Å². The molecule has 0 radical (unpaired) electrons. The summed E-state index contributed by atoms with van der Waals surface area (Å²) in [6, 6.07) is 7.24. The van der Waals surface area contributed by atoms with Crippen LogP contribution in [0.1, 0.15) is 28.5 Å². The molecule has 1 aromatic carbocycles. The third-order valence-corrected chi connectivity index (χ3v) is 4.29. The van der Waals surface area contributed by atoms with Gasteiger partial charge in [0.05, 0.1) is 12.5 Å². The summed E-state index contributed by atoms with van der Waals surface area (Å²) < 4.78 is 13.2. The van der Waals surface area contributed by atoms with Gasteiger partial charge in [0.15, 0.2) is 0 Å². The Morgan fingerprint density at radius 3 is 2.74 bits per heavy atom. The zero-order valence-corrected chi connectivity index (χ0v) is 13.5. The van der Waals surface area contributed by atoms with E-state index in [1.54, 1.807) is 19.1 Å². The Balaban J connectivity index is 1.93. The van der Waals surface area contributed by atoms with Crippen molar-refractivity contribution < 1.29 is 14.0 Å². The van der Waals surface area contributed by atoms with Gasteiger partial charge in [0, 0.05) is 11.4 Å². The largest absolute Gasteiger partial charge is 0.352 e. The Bertz CT molecular complexity index is 689. The molecule has 1 heterocycles. The molecule has 4 N–H and O–H groups in total. The van der Waals surface area contributed by atoms with Crippen LogP contribution in [0.2, 0.25) is 0 Å². The third-order valence-electron chi connectivity index (χ3n) is 3.30. The van der Waals surface area contributed by atoms with Crippen LogP contribution in [0.15, 0.2) is 35.7 Å². The Labute approximate surface area is 137 Å². The van der Waals surface area contributed by atoms with Crippen molar-refractivity contribution in [1.82, 2.24) is 10.6 Å². The fraction of sp³-hybridized carbons (Fsp3) is 0.250. The topological polar surface area (TPSA) is 84.2 Å². The van der Waals surface area contributed by atoms with Crippen molar-refractivity contribution in [3.8, 4) is 0 Å². The maximum absolute atomic E-state index is 13.2. The Morgan fingerprint density at radius 1 is 1.35 bits per heavy atom. The van der Waals surface area contributed by atoms with Gasteiger partial charge in [-0.15, -0.1) is 11.3 Å². The van der Waals surface area contributed by atoms with Crippen LogP contribution in [0.3, 0.4) is 0 Å². The van der Waals surface area contributed by atoms with Crippen molar-refractivity contribution in [2.45, 2.75) is 25.9 Å². The second kappa shape index (κ2) is 7.73. The molecule has 1 aromatic heterocycles. The first kappa shape index (κ1) is 17.0. The van der Waals surface area contributed by atoms with Crippen LogP contribution in [0.5, 0.6) is 0 Å². The average Bonchev–Trinajstić information content (AvgIpc) is 3.01. The number of urea groups is 1. The number of carbonyl (C=O) groups excluding carboxylic acids is 2. The molecule has 1 unspecified atom stereocenters. The minimum atomic E-state index is -0.676. The van der Waals surface area contributed by atoms with E-state index in [1.165, 1.54) is 17.4 Å². The quantitative estimate of drug-likeness (QED) is 0.758. The van der Waals surface area contributed by atoms with Gasteiger partial charge in [-0.25, -0.2) is 9.18 Å². The Hall–Kier alpha value is -2.41. The first-order valence-electron chi connectivity index (χ1n) is 7.07. The lowest BCUT2D eigenvalue weighted by molar-refractivity contribution is -0.121. The molecule has 0 saturated carbocycles. The van der Waals surface area contributed by atoms with Crippen LogP contribution in [0.4, 0.5) is 9.18 Å². The summed E-state index contributed by atoms with van der Waals surface area (Å²) in [5.74, 6) is -0.498. The SMILES string of the molecule is Cc1cc(CNC(=O)CC(NC(N)=O)c2cccs2)ccc1F. The highest BCUT2D eigenvalue weighted by Gasteiger charge is 2.18. The number of benzene rings is 1. The molecule has 0 spiro atoms. The molecule has 7 heteroatoms. The lowest BCUT2D eigenvalue weighted by Crippen LogP contribution is -2.36. The fourth-order valence-electron chi connectivity index (χ4n) is 2.16. The van der Waals surface area contributed by atoms with Crippen molar-refractivity contribution in [2.24, 2.45) is 5.73 Å². The zero-order valence-electron chi connectivity index (χ0n) is 12.6. The van der Waals surface area contributed by atoms with Crippen molar-refractivity contribution in [3.05, 3.63) is 57.5 Å². The molecule has 0 fully saturated rings. The zero-order chi connectivity index (χ0) is 16.8. The number of rotatable bonds is 6. The van der Waals surface area contributed by atoms with Gasteiger partial charge in [-0.3, -0.25) is 4.79 Å². The van der Waals surface area contributed by atoms with E-state index >= 15 is 0 Å². The standard InChI is InChI=1S/C16H18FN3O2S/c1-10-7-11(4-5-12(10)17)9-19-15(21)8-13(20-16(18)22)14-3-2-6-23-14/h2-7,13H,8-9H2,1H3,(H,19,21)(H3,18,20,22). The Kier molecular flexibility index (Phi) is 5.70. The lowest BCUT2D eigenvalue weighted by Gasteiger charge is -2.16. The number of hydrogen-bond acceptors (Lipinski definition) is 3. The van der Waals surface area contributed by atoms with Crippen LogP contribution in [-0.4, -0.2) is 11.9 Å². The van der Waals surface area contributed by atoms with Gasteiger partial charge < -0.3 is 16.4 Å². The summed E-state index contributed by atoms with van der Waals surface area (Å²) in [6.07, 6.45) is 0.0869. The third kappa shape index (κ3) is 5.07. The highest BCUT2D eigenvalue weighted by molar-refractivity contribution is 7.10. The van der Waals surface area contributed by atoms with E-state index in [2.05, 4.69) is 10.6 Å². The van der Waals surface area contributed by atoms with Crippen LogP contribution in [-0.2, 0) is 11.3 Å². The van der Waals surface area contributed by atoms with Gasteiger partial charge >= 0.3 is 6.03 Å². The molecule has 3 amide bonds. The van der Waals surface area contributed by atoms with E-state index in [9.17, 15) is 14.0 Å². The minimum Gasteiger partial charge on any atom is -0.352 e. The molecule has 0 aliphatic rings. The highest BCUT2D eigenvalue weighted by Crippen LogP contribution is 2.21. The molecule has 1 atom stereocenters. The van der Waals surface area contributed by atoms with Crippen LogP contribution < -0.4 is 16.4 Å². The smallest absolute Gasteiger partial charge is 0.312 e. The molecule has 0 saturated heterocycles. The van der Waals surface area contributed by atoms with Gasteiger partial charge in [0.2, 0.25) is 5.91 Å². The minimum absolute atomic E-state index is 0.0869. The van der Waals surface area contributed by atoms with E-state index in [-0.39, 0.29) is 18.1 Å². The van der Waals surface area contributed by atoms with Crippen molar-refractivity contribution in [1.29, 1.82) is 0 Å². The van der Waals surface area contributed by atoms with Crippen LogP contribution >= 0.6 is 11.3 Å². The molecular weight excluding hydrogens is 317 g/mol. The molecule has 122 valence electrons. The predicted octanol–water partition coefficient (Wildman–Crippen LogP) is 2.61. The average molecular weight is 335 g/mol. The number of nitrogens with one attached hydrogen (secondary N) is 2. The van der Waals surface area contributed by atoms with Crippen molar-refractivity contribution in [2.75, 3.05) is 0 Å². The molecular formula is C16H18FN3O2S. The van der Waals surface area contributed by atoms with E-state index in [4.69, 9.17) is 5.73 Å². The van der Waals surface area contributed by atoms with Gasteiger partial charge in [-0.05, 0) is 35.6 Å². The molecule has 0 aliphatic heterocycles. The maximum Gasteiger partial charge on any atom is 0.312 e. The van der Waals surface area contributed by atoms with E-state index in [0.29, 0.717) is 12.1 Å².